The first-order valence-corrected chi connectivity index (χ1v) is 15.5. The highest BCUT2D eigenvalue weighted by molar-refractivity contribution is 5.87. The number of carbonyl (C=O) groups excluding carboxylic acids is 1. The van der Waals surface area contributed by atoms with Gasteiger partial charge in [-0.2, -0.15) is 0 Å². The largest absolute Gasteiger partial charge is 0.504 e. The van der Waals surface area contributed by atoms with Crippen LogP contribution < -0.4 is 15.8 Å². The van der Waals surface area contributed by atoms with E-state index < -0.39 is 12.2 Å². The number of aromatic hydroxyl groups is 1. The van der Waals surface area contributed by atoms with Crippen molar-refractivity contribution in [2.24, 2.45) is 10.7 Å². The first-order chi connectivity index (χ1) is 21.2. The number of nitrogens with zero attached hydrogens (tertiary/aromatic N) is 2. The fraction of sp³-hybridized carbons (Fsp3) is 0.471. The molecular weight excluding hydrogens is 560 g/mol. The number of aliphatic imine (C=N–C) groups is 1. The number of ketones is 1. The number of aliphatic hydroxyl groups excluding tert-OH is 3. The number of aryl methyl sites for hydroxylation is 1. The van der Waals surface area contributed by atoms with Crippen molar-refractivity contribution in [3.63, 3.8) is 0 Å². The summed E-state index contributed by atoms with van der Waals surface area (Å²) in [6.07, 6.45) is 6.09. The minimum absolute atomic E-state index is 0.0171. The van der Waals surface area contributed by atoms with Crippen LogP contribution in [0.2, 0.25) is 0 Å². The van der Waals surface area contributed by atoms with Crippen LogP contribution in [-0.2, 0) is 30.7 Å². The molecule has 7 N–H and O–H groups in total. The van der Waals surface area contributed by atoms with Gasteiger partial charge < -0.3 is 35.8 Å². The highest BCUT2D eigenvalue weighted by Crippen LogP contribution is 2.35. The number of carbonyl (C=O) groups is 1. The van der Waals surface area contributed by atoms with Crippen LogP contribution in [0.25, 0.3) is 0 Å². The summed E-state index contributed by atoms with van der Waals surface area (Å²) in [5.74, 6) is 0.279. The highest BCUT2D eigenvalue weighted by atomic mass is 16.5. The molecule has 3 aliphatic heterocycles. The lowest BCUT2D eigenvalue weighted by molar-refractivity contribution is -0.121. The van der Waals surface area contributed by atoms with Gasteiger partial charge in [-0.3, -0.25) is 15.1 Å². The van der Waals surface area contributed by atoms with Crippen molar-refractivity contribution in [2.45, 2.75) is 83.3 Å². The molecule has 2 aromatic rings. The van der Waals surface area contributed by atoms with Gasteiger partial charge >= 0.3 is 0 Å². The fourth-order valence-corrected chi connectivity index (χ4v) is 6.27. The Labute approximate surface area is 258 Å². The lowest BCUT2D eigenvalue weighted by atomic mass is 9.86. The van der Waals surface area contributed by atoms with Crippen molar-refractivity contribution in [2.75, 3.05) is 19.8 Å². The molecule has 10 heteroatoms. The molecule has 236 valence electrons. The number of hydrogen-bond acceptors (Lipinski definition) is 10. The average molecular weight is 605 g/mol. The topological polar surface area (TPSA) is 161 Å². The summed E-state index contributed by atoms with van der Waals surface area (Å²) in [6.45, 7) is 3.55. The molecule has 0 aliphatic carbocycles. The van der Waals surface area contributed by atoms with Gasteiger partial charge in [0.1, 0.15) is 5.78 Å². The van der Waals surface area contributed by atoms with Crippen LogP contribution in [-0.4, -0.2) is 69.4 Å². The zero-order valence-electron chi connectivity index (χ0n) is 25.3. The third-order valence-corrected chi connectivity index (χ3v) is 8.63. The van der Waals surface area contributed by atoms with Crippen LogP contribution in [0.5, 0.6) is 11.5 Å². The van der Waals surface area contributed by atoms with E-state index in [9.17, 15) is 25.2 Å². The van der Waals surface area contributed by atoms with Gasteiger partial charge in [-0.25, -0.2) is 0 Å². The Hall–Kier alpha value is -3.54. The molecule has 0 spiro atoms. The highest BCUT2D eigenvalue weighted by Gasteiger charge is 2.27. The van der Waals surface area contributed by atoms with E-state index >= 15 is 0 Å². The van der Waals surface area contributed by atoms with E-state index in [0.717, 1.165) is 58.5 Å². The van der Waals surface area contributed by atoms with Gasteiger partial charge in [0.2, 0.25) is 0 Å². The Kier molecular flexibility index (Phi) is 10.5. The Morgan fingerprint density at radius 2 is 2.07 bits per heavy atom. The number of fused-ring (bicyclic) bond motifs is 2. The maximum Gasteiger partial charge on any atom is 0.163 e. The lowest BCUT2D eigenvalue weighted by Gasteiger charge is -2.27. The summed E-state index contributed by atoms with van der Waals surface area (Å²) >= 11 is 0. The summed E-state index contributed by atoms with van der Waals surface area (Å²) in [5, 5.41) is 43.8. The fourth-order valence-electron chi connectivity index (χ4n) is 6.27. The molecule has 0 fully saturated rings. The predicted molar refractivity (Wildman–Crippen MR) is 168 cm³/mol. The molecule has 5 rings (SSSR count). The molecule has 0 unspecified atom stereocenters. The molecule has 0 radical (unpaired) electrons. The Morgan fingerprint density at radius 1 is 1.23 bits per heavy atom. The van der Waals surface area contributed by atoms with E-state index in [2.05, 4.69) is 10.3 Å². The number of allylic oxidation sites excluding steroid dienone is 1. The number of rotatable bonds is 15. The molecule has 10 nitrogen and oxygen atoms in total. The zero-order valence-corrected chi connectivity index (χ0v) is 25.3. The molecule has 0 amide bonds. The summed E-state index contributed by atoms with van der Waals surface area (Å²) < 4.78 is 5.99. The van der Waals surface area contributed by atoms with E-state index in [4.69, 9.17) is 10.5 Å². The van der Waals surface area contributed by atoms with Crippen molar-refractivity contribution >= 4 is 12.0 Å². The molecule has 0 bridgehead atoms. The minimum atomic E-state index is -0.845. The Bertz CT molecular complexity index is 1450. The SMILES string of the molecule is CCC[C@H](O)C[C@@H](O)CC(=O)CCc1ccc(O)c(OCN2C=C3N=CC(Cc4c(CO)ccc5c4CCN[C@H]5N)=C3C2)c1. The molecule has 0 saturated carbocycles. The molecule has 3 atom stereocenters. The van der Waals surface area contributed by atoms with Crippen molar-refractivity contribution in [1.29, 1.82) is 0 Å². The van der Waals surface area contributed by atoms with Crippen LogP contribution in [0.1, 0.15) is 73.0 Å². The van der Waals surface area contributed by atoms with Crippen LogP contribution in [0.3, 0.4) is 0 Å². The molecule has 2 aromatic carbocycles. The number of benzene rings is 2. The Morgan fingerprint density at radius 3 is 2.86 bits per heavy atom. The number of phenolic OH excluding ortho intramolecular Hbond substituents is 1. The first kappa shape index (κ1) is 31.9. The maximum absolute atomic E-state index is 12.4. The number of hydrogen-bond donors (Lipinski definition) is 6. The monoisotopic (exact) mass is 604 g/mol. The predicted octanol–water partition coefficient (Wildman–Crippen LogP) is 2.91. The number of ether oxygens (including phenoxy) is 1. The van der Waals surface area contributed by atoms with Crippen molar-refractivity contribution in [1.82, 2.24) is 10.2 Å². The molecule has 3 heterocycles. The van der Waals surface area contributed by atoms with Crippen LogP contribution in [0.15, 0.2) is 58.4 Å². The number of Topliss-reactive ketones (excluding diaryl/α,β-unsaturated/α-hetero) is 1. The van der Waals surface area contributed by atoms with Crippen molar-refractivity contribution < 1.29 is 30.0 Å². The van der Waals surface area contributed by atoms with Gasteiger partial charge in [0.15, 0.2) is 18.2 Å². The molecule has 0 aromatic heterocycles. The third kappa shape index (κ3) is 7.57. The molecule has 44 heavy (non-hydrogen) atoms. The summed E-state index contributed by atoms with van der Waals surface area (Å²) in [7, 11) is 0. The summed E-state index contributed by atoms with van der Waals surface area (Å²) in [4.78, 5) is 19.0. The Balaban J connectivity index is 1.17. The molecule has 3 aliphatic rings. The van der Waals surface area contributed by atoms with Gasteiger partial charge in [-0.05, 0) is 71.2 Å². The summed E-state index contributed by atoms with van der Waals surface area (Å²) in [6, 6.07) is 9.04. The first-order valence-electron chi connectivity index (χ1n) is 15.5. The van der Waals surface area contributed by atoms with E-state index in [0.29, 0.717) is 31.6 Å². The van der Waals surface area contributed by atoms with Crippen LogP contribution in [0, 0.1) is 0 Å². The third-order valence-electron chi connectivity index (χ3n) is 8.63. The van der Waals surface area contributed by atoms with Crippen LogP contribution >= 0.6 is 0 Å². The van der Waals surface area contributed by atoms with Gasteiger partial charge in [0.05, 0.1) is 30.7 Å². The zero-order chi connectivity index (χ0) is 31.2. The number of nitrogens with two attached hydrogens (primary N) is 1. The van der Waals surface area contributed by atoms with Gasteiger partial charge in [-0.15, -0.1) is 0 Å². The second kappa shape index (κ2) is 14.5. The van der Waals surface area contributed by atoms with Gasteiger partial charge in [0, 0.05) is 50.3 Å². The van der Waals surface area contributed by atoms with Gasteiger partial charge in [-0.1, -0.05) is 31.5 Å². The van der Waals surface area contributed by atoms with Crippen LogP contribution in [0.4, 0.5) is 0 Å². The number of phenols is 1. The molecular formula is C34H44N4O6. The standard InChI is InChI=1S/C34H44N4O6/c1-2-3-24(40)14-26(42)15-25(41)7-4-21-5-9-32(43)33(12-21)44-20-38-17-30-23(16-37-31(30)18-38)13-29-22(19-39)6-8-28-27(29)10-11-36-34(28)35/h5-6,8-9,12,16,18,24,26,34,36,39-40,42-43H,2-4,7,10-11,13-15,17,19-20,35H2,1H3/t24-,26+,34+/m0/s1. The van der Waals surface area contributed by atoms with E-state index in [1.165, 1.54) is 5.56 Å². The minimum Gasteiger partial charge on any atom is -0.504 e. The number of nitrogens with one attached hydrogen (secondary N) is 1. The quantitative estimate of drug-likeness (QED) is 0.180. The maximum atomic E-state index is 12.4. The van der Waals surface area contributed by atoms with E-state index in [-0.39, 0.29) is 50.3 Å². The molecule has 0 saturated heterocycles. The van der Waals surface area contributed by atoms with Crippen molar-refractivity contribution in [3.05, 3.63) is 81.2 Å². The lowest BCUT2D eigenvalue weighted by Crippen LogP contribution is -2.36. The van der Waals surface area contributed by atoms with Gasteiger partial charge in [0.25, 0.3) is 0 Å². The normalized spacial score (nSPS) is 18.7. The van der Waals surface area contributed by atoms with E-state index in [1.54, 1.807) is 18.2 Å². The number of aliphatic hydroxyl groups is 3. The average Bonchev–Trinajstić information content (AvgIpc) is 3.57. The van der Waals surface area contributed by atoms with Crippen molar-refractivity contribution in [3.8, 4) is 11.5 Å². The second-order valence-corrected chi connectivity index (χ2v) is 12.0. The smallest absolute Gasteiger partial charge is 0.163 e. The van der Waals surface area contributed by atoms with E-state index in [1.807, 2.05) is 36.4 Å². The second-order valence-electron chi connectivity index (χ2n) is 12.0. The summed E-state index contributed by atoms with van der Waals surface area (Å²) in [5.41, 5.74) is 14.6.